The molecule has 0 aliphatic rings. The van der Waals surface area contributed by atoms with E-state index >= 15 is 0 Å². The lowest BCUT2D eigenvalue weighted by Gasteiger charge is -2.26. The van der Waals surface area contributed by atoms with Gasteiger partial charge in [0, 0.05) is 16.7 Å². The van der Waals surface area contributed by atoms with Crippen molar-refractivity contribution in [3.8, 4) is 5.75 Å². The Balaban J connectivity index is 3.59. The van der Waals surface area contributed by atoms with Crippen molar-refractivity contribution >= 4 is 6.29 Å². The third-order valence-electron chi connectivity index (χ3n) is 2.86. The number of carbonyl (C=O) groups excluding carboxylic acids is 1. The molecule has 1 radical (unpaired) electrons. The van der Waals surface area contributed by atoms with Crippen LogP contribution in [0.15, 0.2) is 12.1 Å². The molecule has 0 fully saturated rings. The first-order chi connectivity index (χ1) is 7.57. The monoisotopic (exact) mass is 233 g/mol. The number of hydrogen-bond donors (Lipinski definition) is 0. The SMILES string of the molecule is CC(C)(C)c1cc(C=O)cc(C(C)(C)C)c1[O]. The molecule has 0 aromatic heterocycles. The highest BCUT2D eigenvalue weighted by Crippen LogP contribution is 2.39. The Morgan fingerprint density at radius 2 is 1.24 bits per heavy atom. The first-order valence-corrected chi connectivity index (χ1v) is 5.88. The van der Waals surface area contributed by atoms with Crippen LogP contribution in [-0.2, 0) is 15.9 Å². The van der Waals surface area contributed by atoms with Gasteiger partial charge in [0.2, 0.25) is 0 Å². The van der Waals surface area contributed by atoms with E-state index in [-0.39, 0.29) is 16.6 Å². The molecular weight excluding hydrogens is 212 g/mol. The molecule has 93 valence electrons. The second-order valence-electron chi connectivity index (χ2n) is 6.56. The van der Waals surface area contributed by atoms with Crippen molar-refractivity contribution in [2.75, 3.05) is 0 Å². The summed E-state index contributed by atoms with van der Waals surface area (Å²) in [5.74, 6) is 0.0654. The first-order valence-electron chi connectivity index (χ1n) is 5.88. The summed E-state index contributed by atoms with van der Waals surface area (Å²) < 4.78 is 0. The lowest BCUT2D eigenvalue weighted by molar-refractivity contribution is 0.112. The number of carbonyl (C=O) groups is 1. The zero-order chi connectivity index (χ0) is 13.4. The second-order valence-corrected chi connectivity index (χ2v) is 6.56. The summed E-state index contributed by atoms with van der Waals surface area (Å²) in [6, 6.07) is 3.43. The summed E-state index contributed by atoms with van der Waals surface area (Å²) in [6.07, 6.45) is 0.809. The van der Waals surface area contributed by atoms with Crippen LogP contribution in [0.3, 0.4) is 0 Å². The zero-order valence-corrected chi connectivity index (χ0v) is 11.5. The lowest BCUT2D eigenvalue weighted by Crippen LogP contribution is -2.17. The van der Waals surface area contributed by atoms with E-state index in [1.54, 1.807) is 12.1 Å². The standard InChI is InChI=1S/C15H21O2/c1-14(2,3)11-7-10(9-16)8-12(13(11)17)15(4,5)6/h7-9H,1-6H3. The molecule has 0 aliphatic carbocycles. The van der Waals surface area contributed by atoms with Gasteiger partial charge in [0.05, 0.1) is 0 Å². The Bertz CT molecular complexity index is 396. The molecule has 1 aromatic rings. The minimum Gasteiger partial charge on any atom is -0.298 e. The normalized spacial score (nSPS) is 12.6. The Labute approximate surface area is 104 Å². The van der Waals surface area contributed by atoms with Gasteiger partial charge in [-0.25, -0.2) is 0 Å². The predicted octanol–water partition coefficient (Wildman–Crippen LogP) is 4.24. The molecule has 0 bridgehead atoms. The predicted molar refractivity (Wildman–Crippen MR) is 69.4 cm³/mol. The summed E-state index contributed by atoms with van der Waals surface area (Å²) in [6.45, 7) is 11.9. The van der Waals surface area contributed by atoms with Crippen LogP contribution in [0.25, 0.3) is 0 Å². The number of benzene rings is 1. The van der Waals surface area contributed by atoms with Gasteiger partial charge in [-0.2, -0.15) is 0 Å². The van der Waals surface area contributed by atoms with Crippen LogP contribution in [0.4, 0.5) is 0 Å². The van der Waals surface area contributed by atoms with Gasteiger partial charge >= 0.3 is 0 Å². The minimum atomic E-state index is -0.240. The van der Waals surface area contributed by atoms with E-state index in [4.69, 9.17) is 0 Å². The lowest BCUT2D eigenvalue weighted by atomic mass is 9.78. The topological polar surface area (TPSA) is 37.0 Å². The van der Waals surface area contributed by atoms with Gasteiger partial charge in [0.15, 0.2) is 5.75 Å². The van der Waals surface area contributed by atoms with Crippen LogP contribution in [-0.4, -0.2) is 6.29 Å². The molecule has 0 saturated carbocycles. The molecular formula is C15H21O2. The quantitative estimate of drug-likeness (QED) is 0.668. The Morgan fingerprint density at radius 1 is 0.882 bits per heavy atom. The maximum Gasteiger partial charge on any atom is 0.186 e. The van der Waals surface area contributed by atoms with Crippen molar-refractivity contribution in [1.82, 2.24) is 0 Å². The molecule has 17 heavy (non-hydrogen) atoms. The van der Waals surface area contributed by atoms with Crippen molar-refractivity contribution in [2.24, 2.45) is 0 Å². The number of aldehydes is 1. The highest BCUT2D eigenvalue weighted by atomic mass is 16.3. The smallest absolute Gasteiger partial charge is 0.186 e. The number of hydrogen-bond acceptors (Lipinski definition) is 1. The van der Waals surface area contributed by atoms with Crippen LogP contribution in [0.5, 0.6) is 5.75 Å². The molecule has 0 atom stereocenters. The molecule has 0 spiro atoms. The third kappa shape index (κ3) is 2.87. The molecule has 0 saturated heterocycles. The van der Waals surface area contributed by atoms with E-state index in [0.29, 0.717) is 16.7 Å². The molecule has 0 N–H and O–H groups in total. The van der Waals surface area contributed by atoms with Gasteiger partial charge in [-0.3, -0.25) is 9.90 Å². The van der Waals surface area contributed by atoms with Crippen molar-refractivity contribution in [3.05, 3.63) is 28.8 Å². The van der Waals surface area contributed by atoms with Gasteiger partial charge in [-0.15, -0.1) is 0 Å². The maximum atomic E-state index is 12.4. The van der Waals surface area contributed by atoms with Gasteiger partial charge in [-0.05, 0) is 23.0 Å². The fourth-order valence-electron chi connectivity index (χ4n) is 1.83. The van der Waals surface area contributed by atoms with Gasteiger partial charge < -0.3 is 0 Å². The summed E-state index contributed by atoms with van der Waals surface area (Å²) in [4.78, 5) is 11.0. The van der Waals surface area contributed by atoms with E-state index in [9.17, 15) is 9.90 Å². The van der Waals surface area contributed by atoms with Crippen molar-refractivity contribution in [1.29, 1.82) is 0 Å². The fraction of sp³-hybridized carbons (Fsp3) is 0.533. The summed E-state index contributed by atoms with van der Waals surface area (Å²) in [5, 5.41) is 12.4. The van der Waals surface area contributed by atoms with Crippen LogP contribution in [0, 0.1) is 0 Å². The Morgan fingerprint density at radius 3 is 1.47 bits per heavy atom. The summed E-state index contributed by atoms with van der Waals surface area (Å²) in [7, 11) is 0. The van der Waals surface area contributed by atoms with Crippen molar-refractivity contribution in [3.63, 3.8) is 0 Å². The van der Waals surface area contributed by atoms with Crippen LogP contribution in [0.1, 0.15) is 63.0 Å². The van der Waals surface area contributed by atoms with E-state index in [1.807, 2.05) is 41.5 Å². The maximum absolute atomic E-state index is 12.4. The molecule has 1 rings (SSSR count). The average molecular weight is 233 g/mol. The van der Waals surface area contributed by atoms with Crippen molar-refractivity contribution in [2.45, 2.75) is 52.4 Å². The van der Waals surface area contributed by atoms with Crippen molar-refractivity contribution < 1.29 is 9.90 Å². The van der Waals surface area contributed by atoms with Crippen LogP contribution >= 0.6 is 0 Å². The van der Waals surface area contributed by atoms with Gasteiger partial charge in [0.25, 0.3) is 0 Å². The van der Waals surface area contributed by atoms with E-state index in [0.717, 1.165) is 6.29 Å². The van der Waals surface area contributed by atoms with E-state index in [2.05, 4.69) is 0 Å². The largest absolute Gasteiger partial charge is 0.298 e. The summed E-state index contributed by atoms with van der Waals surface area (Å²) in [5.41, 5.74) is 1.53. The highest BCUT2D eigenvalue weighted by molar-refractivity contribution is 5.77. The highest BCUT2D eigenvalue weighted by Gasteiger charge is 2.27. The molecule has 0 unspecified atom stereocenters. The van der Waals surface area contributed by atoms with E-state index in [1.165, 1.54) is 0 Å². The van der Waals surface area contributed by atoms with Crippen LogP contribution < -0.4 is 0 Å². The van der Waals surface area contributed by atoms with Gasteiger partial charge in [-0.1, -0.05) is 41.5 Å². The number of rotatable bonds is 1. The summed E-state index contributed by atoms with van der Waals surface area (Å²) >= 11 is 0. The van der Waals surface area contributed by atoms with Crippen LogP contribution in [0.2, 0.25) is 0 Å². The fourth-order valence-corrected chi connectivity index (χ4v) is 1.83. The Hall–Kier alpha value is -1.31. The molecule has 0 amide bonds. The molecule has 0 heterocycles. The third-order valence-corrected chi connectivity index (χ3v) is 2.86. The van der Waals surface area contributed by atoms with Gasteiger partial charge in [0.1, 0.15) is 6.29 Å². The first kappa shape index (κ1) is 13.8. The average Bonchev–Trinajstić information content (AvgIpc) is 2.14. The minimum absolute atomic E-state index is 0.0654. The molecule has 2 nitrogen and oxygen atoms in total. The second kappa shape index (κ2) is 4.17. The Kier molecular flexibility index (Phi) is 3.37. The molecule has 1 aromatic carbocycles. The van der Waals surface area contributed by atoms with E-state index < -0.39 is 0 Å². The molecule has 2 heteroatoms. The zero-order valence-electron chi connectivity index (χ0n) is 11.5. The molecule has 0 aliphatic heterocycles.